The first kappa shape index (κ1) is 66.9. The molecule has 1 unspecified atom stereocenters. The van der Waals surface area contributed by atoms with Gasteiger partial charge in [0.2, 0.25) is 11.6 Å². The van der Waals surface area contributed by atoms with Crippen molar-refractivity contribution >= 4 is 96.1 Å². The topological polar surface area (TPSA) is 230 Å². The smallest absolute Gasteiger partial charge is 0.331 e. The molecule has 18 heteroatoms. The third kappa shape index (κ3) is 17.0. The summed E-state index contributed by atoms with van der Waals surface area (Å²) in [7, 11) is 3.33. The maximum atomic E-state index is 14.1. The lowest BCUT2D eigenvalue weighted by Gasteiger charge is -2.14. The standard InChI is InChI=1S/C75H82N4O14/c1-48(80)92-76-64(42-50-16-10-11-17-50)74(86)56-28-36-68-62(46-56)60-44-54(26-34-66(60)78(68)38-14-40-88-3)72(84)52-22-30-58(31-23-52)90-70(82)20-8-6-5-7-9-21-71(83)91-59-32-24-53(25-33-59)73(85)55-27-35-67-61(45-55)63-47-57(29-37-69(63)79(67)39-15-41-89-4)75(87)65(77-93-49(2)81)43-51-18-12-13-19-51/h22-37,44-47,50-51,70,82H,5-21,38-43H2,1-4H3/b76-64+,77-65+. The van der Waals surface area contributed by atoms with Gasteiger partial charge in [-0.1, -0.05) is 80.9 Å². The van der Waals surface area contributed by atoms with Crippen LogP contribution in [-0.4, -0.2) is 100 Å². The summed E-state index contributed by atoms with van der Waals surface area (Å²) in [6, 6.07) is 35.4. The number of Topliss-reactive ketones (excluding diaryl/α,β-unsaturated/α-hetero) is 2. The number of methoxy groups -OCH3 is 2. The van der Waals surface area contributed by atoms with Crippen molar-refractivity contribution in [1.82, 2.24) is 9.13 Å². The summed E-state index contributed by atoms with van der Waals surface area (Å²) in [4.78, 5) is 103. The number of aliphatic hydroxyl groups excluding tert-OH is 1. The average molecular weight is 1260 g/mol. The number of unbranched alkanes of at least 4 members (excludes halogenated alkanes) is 4. The summed E-state index contributed by atoms with van der Waals surface area (Å²) in [5.41, 5.74) is 6.63. The zero-order chi connectivity index (χ0) is 65.4. The van der Waals surface area contributed by atoms with Gasteiger partial charge in [-0.2, -0.15) is 0 Å². The lowest BCUT2D eigenvalue weighted by atomic mass is 9.95. The minimum absolute atomic E-state index is 0.203. The third-order valence-electron chi connectivity index (χ3n) is 17.8. The van der Waals surface area contributed by atoms with E-state index in [9.17, 15) is 38.7 Å². The number of oxime groups is 2. The van der Waals surface area contributed by atoms with Crippen LogP contribution in [0.3, 0.4) is 0 Å². The maximum Gasteiger partial charge on any atom is 0.331 e. The van der Waals surface area contributed by atoms with E-state index in [0.29, 0.717) is 115 Å². The summed E-state index contributed by atoms with van der Waals surface area (Å²) in [5, 5.41) is 22.0. The second-order valence-corrected chi connectivity index (χ2v) is 24.6. The van der Waals surface area contributed by atoms with Gasteiger partial charge < -0.3 is 42.9 Å². The quantitative estimate of drug-likeness (QED) is 0.00590. The number of carbonyl (C=O) groups is 7. The van der Waals surface area contributed by atoms with Crippen LogP contribution in [0.2, 0.25) is 0 Å². The van der Waals surface area contributed by atoms with E-state index >= 15 is 0 Å². The number of ketones is 4. The Bertz CT molecular complexity index is 4090. The highest BCUT2D eigenvalue weighted by molar-refractivity contribution is 6.47. The first-order chi connectivity index (χ1) is 45.2. The Kier molecular flexibility index (Phi) is 23.1. The van der Waals surface area contributed by atoms with Crippen LogP contribution in [-0.2, 0) is 46.6 Å². The van der Waals surface area contributed by atoms with Crippen LogP contribution in [0.5, 0.6) is 11.5 Å². The molecule has 2 aliphatic carbocycles. The van der Waals surface area contributed by atoms with Gasteiger partial charge in [-0.25, -0.2) is 9.59 Å². The van der Waals surface area contributed by atoms with Crippen molar-refractivity contribution in [1.29, 1.82) is 0 Å². The van der Waals surface area contributed by atoms with E-state index in [1.165, 1.54) is 13.8 Å². The fourth-order valence-corrected chi connectivity index (χ4v) is 13.1. The number of ether oxygens (including phenoxy) is 4. The average Bonchev–Trinajstić information content (AvgIpc) is 1.65. The SMILES string of the molecule is COCCCn1c2ccc(C(=O)/C(CC3CCCC3)=N/OC(C)=O)cc2c2cc(C(=O)c3ccc(OC(=O)CCCCCCCC(O)Oc4ccc(C(=O)c5ccc6c(c5)c5cc(C(=O)/C(CC7CCCC7)=N/OC(C)=O)ccc5n6CCCOC)cc4)cc3)ccc21. The largest absolute Gasteiger partial charge is 0.465 e. The second-order valence-electron chi connectivity index (χ2n) is 24.6. The molecule has 2 heterocycles. The van der Waals surface area contributed by atoms with Gasteiger partial charge in [0.15, 0.2) is 17.9 Å². The van der Waals surface area contributed by atoms with Crippen LogP contribution in [0.15, 0.2) is 132 Å². The fraction of sp³-hybridized carbons (Fsp3) is 0.400. The predicted octanol–water partition coefficient (Wildman–Crippen LogP) is 14.8. The molecule has 2 aliphatic rings. The van der Waals surface area contributed by atoms with Crippen LogP contribution >= 0.6 is 0 Å². The highest BCUT2D eigenvalue weighted by Crippen LogP contribution is 2.36. The second kappa shape index (κ2) is 32.1. The Morgan fingerprint density at radius 1 is 0.473 bits per heavy atom. The van der Waals surface area contributed by atoms with Crippen LogP contribution in [0.25, 0.3) is 43.6 Å². The molecule has 2 saturated carbocycles. The molecule has 93 heavy (non-hydrogen) atoms. The van der Waals surface area contributed by atoms with Gasteiger partial charge >= 0.3 is 17.9 Å². The van der Waals surface area contributed by atoms with E-state index in [1.807, 2.05) is 48.5 Å². The van der Waals surface area contributed by atoms with Crippen molar-refractivity contribution in [3.8, 4) is 11.5 Å². The molecule has 1 atom stereocenters. The summed E-state index contributed by atoms with van der Waals surface area (Å²) >= 11 is 0. The molecule has 10 rings (SSSR count). The molecule has 0 spiro atoms. The molecule has 0 saturated heterocycles. The molecule has 2 aromatic heterocycles. The molecular formula is C75H82N4O14. The van der Waals surface area contributed by atoms with Gasteiger partial charge in [0.1, 0.15) is 22.9 Å². The van der Waals surface area contributed by atoms with Gasteiger partial charge in [-0.15, -0.1) is 0 Å². The maximum absolute atomic E-state index is 14.1. The van der Waals surface area contributed by atoms with Crippen molar-refractivity contribution in [3.63, 3.8) is 0 Å². The van der Waals surface area contributed by atoms with E-state index in [1.54, 1.807) is 87.0 Å². The number of rotatable bonds is 33. The van der Waals surface area contributed by atoms with E-state index < -0.39 is 18.2 Å². The number of carbonyl (C=O) groups excluding carboxylic acids is 7. The van der Waals surface area contributed by atoms with E-state index in [4.69, 9.17) is 28.6 Å². The minimum atomic E-state index is -1.06. The molecule has 0 radical (unpaired) electrons. The van der Waals surface area contributed by atoms with Gasteiger partial charge in [0, 0.05) is 144 Å². The Labute approximate surface area is 541 Å². The van der Waals surface area contributed by atoms with Crippen molar-refractivity contribution in [2.45, 2.75) is 155 Å². The number of esters is 1. The monoisotopic (exact) mass is 1260 g/mol. The number of aliphatic hydroxyl groups is 1. The zero-order valence-corrected chi connectivity index (χ0v) is 53.6. The van der Waals surface area contributed by atoms with Crippen LogP contribution in [0.1, 0.15) is 188 Å². The Morgan fingerprint density at radius 2 is 0.849 bits per heavy atom. The number of benzene rings is 6. The van der Waals surface area contributed by atoms with Crippen molar-refractivity contribution in [3.05, 3.63) is 155 Å². The molecule has 0 bridgehead atoms. The van der Waals surface area contributed by atoms with Crippen molar-refractivity contribution in [2.24, 2.45) is 22.1 Å². The minimum Gasteiger partial charge on any atom is -0.465 e. The zero-order valence-electron chi connectivity index (χ0n) is 53.6. The highest BCUT2D eigenvalue weighted by atomic mass is 16.7. The Morgan fingerprint density at radius 3 is 1.27 bits per heavy atom. The highest BCUT2D eigenvalue weighted by Gasteiger charge is 2.27. The third-order valence-corrected chi connectivity index (χ3v) is 17.8. The van der Waals surface area contributed by atoms with Gasteiger partial charge in [0.25, 0.3) is 0 Å². The molecule has 6 aromatic carbocycles. The molecular weight excluding hydrogens is 1180 g/mol. The number of aryl methyl sites for hydroxylation is 2. The molecule has 2 fully saturated rings. The number of nitrogens with zero attached hydrogens (tertiary/aromatic N) is 4. The number of hydrogen-bond acceptors (Lipinski definition) is 16. The predicted molar refractivity (Wildman–Crippen MR) is 356 cm³/mol. The van der Waals surface area contributed by atoms with Gasteiger partial charge in [-0.3, -0.25) is 24.0 Å². The normalized spacial score (nSPS) is 14.3. The fourth-order valence-electron chi connectivity index (χ4n) is 13.1. The molecule has 486 valence electrons. The summed E-state index contributed by atoms with van der Waals surface area (Å²) in [5.74, 6) is -1.26. The van der Waals surface area contributed by atoms with Crippen LogP contribution in [0.4, 0.5) is 0 Å². The summed E-state index contributed by atoms with van der Waals surface area (Å²) in [6.07, 6.45) is 14.0. The summed E-state index contributed by atoms with van der Waals surface area (Å²) < 4.78 is 26.5. The Balaban J connectivity index is 0.689. The van der Waals surface area contributed by atoms with E-state index in [-0.39, 0.29) is 46.9 Å². The number of aromatic nitrogens is 2. The number of hydrogen-bond donors (Lipinski definition) is 1. The molecule has 18 nitrogen and oxygen atoms in total. The van der Waals surface area contributed by atoms with Crippen molar-refractivity contribution in [2.75, 3.05) is 27.4 Å². The molecule has 0 amide bonds. The van der Waals surface area contributed by atoms with Crippen molar-refractivity contribution < 1.29 is 67.3 Å². The van der Waals surface area contributed by atoms with E-state index in [2.05, 4.69) is 19.4 Å². The lowest BCUT2D eigenvalue weighted by molar-refractivity contribution is -0.141. The van der Waals surface area contributed by atoms with Crippen LogP contribution < -0.4 is 9.47 Å². The molecule has 0 aliphatic heterocycles. The lowest BCUT2D eigenvalue weighted by Crippen LogP contribution is -2.19. The van der Waals surface area contributed by atoms with E-state index in [0.717, 1.165) is 127 Å². The van der Waals surface area contributed by atoms with Gasteiger partial charge in [0.05, 0.1) is 0 Å². The summed E-state index contributed by atoms with van der Waals surface area (Å²) in [6.45, 7) is 4.93. The number of fused-ring (bicyclic) bond motifs is 6. The van der Waals surface area contributed by atoms with Gasteiger partial charge in [-0.05, 0) is 172 Å². The Hall–Kier alpha value is -8.97. The molecule has 1 N–H and O–H groups in total. The first-order valence-electron chi connectivity index (χ1n) is 32.7. The molecule has 8 aromatic rings. The first-order valence-corrected chi connectivity index (χ1v) is 32.7. The van der Waals surface area contributed by atoms with Crippen LogP contribution in [0, 0.1) is 11.8 Å².